The minimum absolute atomic E-state index is 0.0365. The van der Waals surface area contributed by atoms with Crippen molar-refractivity contribution in [2.45, 2.75) is 17.9 Å². The normalized spacial score (nSPS) is 24.3. The first-order valence-corrected chi connectivity index (χ1v) is 8.32. The number of alkyl halides is 3. The summed E-state index contributed by atoms with van der Waals surface area (Å²) in [5.41, 5.74) is -3.17. The summed E-state index contributed by atoms with van der Waals surface area (Å²) in [6.45, 7) is 0. The summed E-state index contributed by atoms with van der Waals surface area (Å²) in [5.74, 6) is -3.23. The maximum atomic E-state index is 14.0. The molecule has 1 aliphatic rings. The van der Waals surface area contributed by atoms with Crippen molar-refractivity contribution in [1.82, 2.24) is 20.2 Å². The second-order valence-corrected chi connectivity index (χ2v) is 6.40. The predicted molar refractivity (Wildman–Crippen MR) is 91.3 cm³/mol. The lowest BCUT2D eigenvalue weighted by Gasteiger charge is -2.44. The van der Waals surface area contributed by atoms with E-state index in [0.717, 1.165) is 4.68 Å². The average Bonchev–Trinajstić information content (AvgIpc) is 3.14. The van der Waals surface area contributed by atoms with Crippen LogP contribution in [0.4, 0.5) is 19.1 Å². The monoisotopic (exact) mass is 389 g/mol. The van der Waals surface area contributed by atoms with Gasteiger partial charge in [-0.2, -0.15) is 13.2 Å². The Labute approximate surface area is 156 Å². The van der Waals surface area contributed by atoms with Crippen molar-refractivity contribution in [3.63, 3.8) is 0 Å². The maximum Gasteiger partial charge on any atom is 0.437 e. The molecule has 0 amide bonds. The zero-order valence-electron chi connectivity index (χ0n) is 14.2. The van der Waals surface area contributed by atoms with Crippen molar-refractivity contribution in [2.24, 2.45) is 5.92 Å². The Hall–Kier alpha value is -3.27. The zero-order chi connectivity index (χ0) is 19.9. The van der Waals surface area contributed by atoms with Gasteiger partial charge in [0.05, 0.1) is 6.04 Å². The number of nitrogens with zero attached hydrogens (tertiary/aromatic N) is 4. The summed E-state index contributed by atoms with van der Waals surface area (Å²) in [6, 6.07) is 14.3. The summed E-state index contributed by atoms with van der Waals surface area (Å²) in [7, 11) is 0. The van der Waals surface area contributed by atoms with E-state index in [9.17, 15) is 23.1 Å². The Morgan fingerprint density at radius 1 is 1.07 bits per heavy atom. The van der Waals surface area contributed by atoms with Crippen molar-refractivity contribution in [2.75, 3.05) is 5.32 Å². The van der Waals surface area contributed by atoms with Gasteiger partial charge in [0.2, 0.25) is 11.7 Å². The molecule has 2 heterocycles. The highest BCUT2D eigenvalue weighted by Crippen LogP contribution is 2.48. The number of Topliss-reactive ketones (excluding diaryl/α,β-unsaturated/α-hetero) is 1. The first-order valence-electron chi connectivity index (χ1n) is 8.32. The van der Waals surface area contributed by atoms with E-state index < -0.39 is 29.6 Å². The van der Waals surface area contributed by atoms with E-state index in [1.807, 2.05) is 5.32 Å². The quantitative estimate of drug-likeness (QED) is 0.669. The molecule has 1 aliphatic heterocycles. The van der Waals surface area contributed by atoms with Gasteiger partial charge in [0, 0.05) is 5.56 Å². The number of carbonyl (C=O) groups excluding carboxylic acids is 1. The van der Waals surface area contributed by atoms with Crippen LogP contribution in [0, 0.1) is 5.92 Å². The van der Waals surface area contributed by atoms with E-state index in [0.29, 0.717) is 5.56 Å². The Bertz CT molecular complexity index is 993. The Kier molecular flexibility index (Phi) is 4.15. The van der Waals surface area contributed by atoms with Crippen LogP contribution in [-0.4, -0.2) is 43.0 Å². The smallest absolute Gasteiger partial charge is 0.363 e. The number of ketones is 1. The van der Waals surface area contributed by atoms with E-state index in [4.69, 9.17) is 0 Å². The van der Waals surface area contributed by atoms with Crippen LogP contribution in [0.3, 0.4) is 0 Å². The highest BCUT2D eigenvalue weighted by molar-refractivity contribution is 5.99. The molecular formula is C18H14F3N5O2. The molecule has 3 atom stereocenters. The van der Waals surface area contributed by atoms with Crippen molar-refractivity contribution < 1.29 is 23.1 Å². The van der Waals surface area contributed by atoms with Crippen LogP contribution < -0.4 is 5.32 Å². The highest BCUT2D eigenvalue weighted by atomic mass is 19.4. The number of tetrazole rings is 1. The van der Waals surface area contributed by atoms with Gasteiger partial charge >= 0.3 is 6.18 Å². The third kappa shape index (κ3) is 2.73. The molecule has 0 radical (unpaired) electrons. The molecule has 0 saturated heterocycles. The van der Waals surface area contributed by atoms with Gasteiger partial charge in [0.25, 0.3) is 0 Å². The van der Waals surface area contributed by atoms with E-state index in [2.05, 4.69) is 15.5 Å². The molecule has 3 aromatic rings. The van der Waals surface area contributed by atoms with Gasteiger partial charge in [-0.05, 0) is 16.0 Å². The number of aromatic nitrogens is 4. The van der Waals surface area contributed by atoms with Crippen molar-refractivity contribution >= 4 is 11.7 Å². The SMILES string of the molecule is O=C(c1ccccc1)[C@H]1[C@H](c2ccccc2)n2nnnc2N[C@@]1(O)C(F)(F)F. The number of hydrogen-bond acceptors (Lipinski definition) is 6. The number of rotatable bonds is 3. The number of anilines is 1. The van der Waals surface area contributed by atoms with Crippen LogP contribution in [0.25, 0.3) is 0 Å². The van der Waals surface area contributed by atoms with E-state index >= 15 is 0 Å². The second kappa shape index (κ2) is 6.41. The fraction of sp³-hybridized carbons (Fsp3) is 0.222. The third-order valence-electron chi connectivity index (χ3n) is 4.74. The predicted octanol–water partition coefficient (Wildman–Crippen LogP) is 2.44. The standard InChI is InChI=1S/C18H14F3N5O2/c19-18(20,21)17(28)13(15(27)12-9-5-2-6-10-12)14(11-7-3-1-4-8-11)26-16(22-17)23-24-25-26/h1-10,13-14,28H,(H,22,23,25)/t13-,14+,17+/m1/s1. The van der Waals surface area contributed by atoms with Gasteiger partial charge in [-0.25, -0.2) is 4.68 Å². The summed E-state index contributed by atoms with van der Waals surface area (Å²) >= 11 is 0. The van der Waals surface area contributed by atoms with Gasteiger partial charge in [-0.15, -0.1) is 0 Å². The average molecular weight is 389 g/mol. The Morgan fingerprint density at radius 2 is 1.68 bits per heavy atom. The summed E-state index contributed by atoms with van der Waals surface area (Å²) in [5, 5.41) is 23.3. The molecule has 28 heavy (non-hydrogen) atoms. The first kappa shape index (κ1) is 18.1. The van der Waals surface area contributed by atoms with Crippen molar-refractivity contribution in [3.8, 4) is 0 Å². The van der Waals surface area contributed by atoms with Crippen LogP contribution in [0.1, 0.15) is 22.0 Å². The van der Waals surface area contributed by atoms with Crippen LogP contribution in [0.2, 0.25) is 0 Å². The molecule has 4 rings (SSSR count). The van der Waals surface area contributed by atoms with Crippen molar-refractivity contribution in [3.05, 3.63) is 71.8 Å². The number of fused-ring (bicyclic) bond motifs is 1. The third-order valence-corrected chi connectivity index (χ3v) is 4.74. The minimum atomic E-state index is -5.17. The molecule has 2 N–H and O–H groups in total. The number of halogens is 3. The number of benzene rings is 2. The lowest BCUT2D eigenvalue weighted by molar-refractivity contribution is -0.266. The fourth-order valence-electron chi connectivity index (χ4n) is 3.43. The molecule has 144 valence electrons. The topological polar surface area (TPSA) is 92.9 Å². The number of aliphatic hydroxyl groups is 1. The Morgan fingerprint density at radius 3 is 2.29 bits per heavy atom. The van der Waals surface area contributed by atoms with Gasteiger partial charge in [0.1, 0.15) is 5.92 Å². The molecule has 10 heteroatoms. The summed E-state index contributed by atoms with van der Waals surface area (Å²) in [4.78, 5) is 13.2. The molecule has 2 aromatic carbocycles. The highest BCUT2D eigenvalue weighted by Gasteiger charge is 2.66. The van der Waals surface area contributed by atoms with E-state index in [-0.39, 0.29) is 11.5 Å². The Balaban J connectivity index is 1.96. The molecular weight excluding hydrogens is 375 g/mol. The van der Waals surface area contributed by atoms with Crippen LogP contribution in [0.5, 0.6) is 0 Å². The van der Waals surface area contributed by atoms with E-state index in [1.165, 1.54) is 24.3 Å². The number of hydrogen-bond donors (Lipinski definition) is 2. The lowest BCUT2D eigenvalue weighted by atomic mass is 9.77. The molecule has 0 bridgehead atoms. The molecule has 0 saturated carbocycles. The number of nitrogens with one attached hydrogen (secondary N) is 1. The zero-order valence-corrected chi connectivity index (χ0v) is 14.2. The molecule has 0 unspecified atom stereocenters. The van der Waals surface area contributed by atoms with Gasteiger partial charge < -0.3 is 10.4 Å². The van der Waals surface area contributed by atoms with E-state index in [1.54, 1.807) is 36.4 Å². The van der Waals surface area contributed by atoms with Gasteiger partial charge in [-0.1, -0.05) is 65.8 Å². The van der Waals surface area contributed by atoms with Crippen molar-refractivity contribution in [1.29, 1.82) is 0 Å². The molecule has 7 nitrogen and oxygen atoms in total. The lowest BCUT2D eigenvalue weighted by Crippen LogP contribution is -2.64. The second-order valence-electron chi connectivity index (χ2n) is 6.40. The molecule has 0 aliphatic carbocycles. The summed E-state index contributed by atoms with van der Waals surface area (Å²) in [6.07, 6.45) is -5.17. The van der Waals surface area contributed by atoms with Gasteiger partial charge in [-0.3, -0.25) is 4.79 Å². The molecule has 0 fully saturated rings. The number of carbonyl (C=O) groups is 1. The maximum absolute atomic E-state index is 14.0. The first-order chi connectivity index (χ1) is 13.3. The summed E-state index contributed by atoms with van der Waals surface area (Å²) < 4.78 is 43.1. The van der Waals surface area contributed by atoms with Gasteiger partial charge in [0.15, 0.2) is 5.78 Å². The minimum Gasteiger partial charge on any atom is -0.363 e. The molecule has 0 spiro atoms. The van der Waals surface area contributed by atoms with Crippen LogP contribution >= 0.6 is 0 Å². The largest absolute Gasteiger partial charge is 0.437 e. The fourth-order valence-corrected chi connectivity index (χ4v) is 3.43. The van der Waals surface area contributed by atoms with Crippen LogP contribution in [0.15, 0.2) is 60.7 Å². The van der Waals surface area contributed by atoms with Crippen LogP contribution in [-0.2, 0) is 0 Å². The molecule has 1 aromatic heterocycles.